The topological polar surface area (TPSA) is 53.1 Å². The Morgan fingerprint density at radius 2 is 2.31 bits per heavy atom. The number of hydrogen-bond donors (Lipinski definition) is 1. The largest absolute Gasteiger partial charge is 0.491 e. The first-order valence-electron chi connectivity index (χ1n) is 5.22. The molecule has 0 aliphatic carbocycles. The van der Waals surface area contributed by atoms with Gasteiger partial charge < -0.3 is 10.5 Å². The molecule has 1 aromatic heterocycles. The van der Waals surface area contributed by atoms with Crippen molar-refractivity contribution in [2.75, 3.05) is 12.3 Å². The third-order valence-corrected chi connectivity index (χ3v) is 2.35. The number of aryl methyl sites for hydroxylation is 1. The highest BCUT2D eigenvalue weighted by Gasteiger charge is 2.00. The highest BCUT2D eigenvalue weighted by atomic mass is 16.5. The van der Waals surface area contributed by atoms with Gasteiger partial charge in [0.25, 0.3) is 0 Å². The molecule has 0 radical (unpaired) electrons. The van der Waals surface area contributed by atoms with Gasteiger partial charge in [-0.2, -0.15) is 5.10 Å². The minimum Gasteiger partial charge on any atom is -0.491 e. The summed E-state index contributed by atoms with van der Waals surface area (Å²) in [6.07, 6.45) is 3.67. The van der Waals surface area contributed by atoms with E-state index in [1.54, 1.807) is 6.20 Å². The Bertz CT molecular complexity index is 451. The molecule has 0 aliphatic rings. The van der Waals surface area contributed by atoms with E-state index in [1.807, 2.05) is 42.1 Å². The van der Waals surface area contributed by atoms with Crippen LogP contribution in [-0.2, 0) is 6.54 Å². The van der Waals surface area contributed by atoms with Crippen molar-refractivity contribution in [1.82, 2.24) is 9.78 Å². The van der Waals surface area contributed by atoms with Crippen molar-refractivity contribution in [3.8, 4) is 5.75 Å². The fraction of sp³-hybridized carbons (Fsp3) is 0.250. The number of nitrogens with zero attached hydrogens (tertiary/aromatic N) is 2. The van der Waals surface area contributed by atoms with Gasteiger partial charge >= 0.3 is 0 Å². The predicted molar refractivity (Wildman–Crippen MR) is 63.3 cm³/mol. The first-order chi connectivity index (χ1) is 7.75. The van der Waals surface area contributed by atoms with E-state index in [2.05, 4.69) is 5.10 Å². The van der Waals surface area contributed by atoms with Crippen LogP contribution in [0.1, 0.15) is 5.56 Å². The first-order valence-corrected chi connectivity index (χ1v) is 5.22. The standard InChI is InChI=1S/C12H15N3O/c1-10-3-4-11(13)9-12(10)16-8-7-15-6-2-5-14-15/h2-6,9H,7-8,13H2,1H3. The SMILES string of the molecule is Cc1ccc(N)cc1OCCn1cccn1. The molecule has 0 spiro atoms. The molecule has 4 nitrogen and oxygen atoms in total. The Hall–Kier alpha value is -1.97. The zero-order chi connectivity index (χ0) is 11.4. The molecule has 0 unspecified atom stereocenters. The van der Waals surface area contributed by atoms with Gasteiger partial charge in [-0.15, -0.1) is 0 Å². The van der Waals surface area contributed by atoms with Crippen molar-refractivity contribution in [3.63, 3.8) is 0 Å². The van der Waals surface area contributed by atoms with Crippen LogP contribution >= 0.6 is 0 Å². The van der Waals surface area contributed by atoms with Crippen LogP contribution in [0.4, 0.5) is 5.69 Å². The summed E-state index contributed by atoms with van der Waals surface area (Å²) in [5, 5.41) is 4.10. The minimum absolute atomic E-state index is 0.589. The smallest absolute Gasteiger partial charge is 0.124 e. The molecule has 4 heteroatoms. The Labute approximate surface area is 94.6 Å². The molecule has 2 N–H and O–H groups in total. The molecule has 16 heavy (non-hydrogen) atoms. The second kappa shape index (κ2) is 4.70. The van der Waals surface area contributed by atoms with Gasteiger partial charge in [0.15, 0.2) is 0 Å². The highest BCUT2D eigenvalue weighted by Crippen LogP contribution is 2.20. The molecule has 0 aliphatic heterocycles. The summed E-state index contributed by atoms with van der Waals surface area (Å²) in [6, 6.07) is 7.57. The van der Waals surface area contributed by atoms with Crippen LogP contribution in [-0.4, -0.2) is 16.4 Å². The van der Waals surface area contributed by atoms with Gasteiger partial charge in [-0.1, -0.05) is 6.07 Å². The monoisotopic (exact) mass is 217 g/mol. The first kappa shape index (κ1) is 10.5. The maximum Gasteiger partial charge on any atom is 0.124 e. The van der Waals surface area contributed by atoms with Gasteiger partial charge in [-0.3, -0.25) is 4.68 Å². The second-order valence-electron chi connectivity index (χ2n) is 3.64. The Morgan fingerprint density at radius 1 is 1.44 bits per heavy atom. The van der Waals surface area contributed by atoms with E-state index in [1.165, 1.54) is 0 Å². The predicted octanol–water partition coefficient (Wildman–Crippen LogP) is 1.85. The number of anilines is 1. The summed E-state index contributed by atoms with van der Waals surface area (Å²) in [4.78, 5) is 0. The fourth-order valence-corrected chi connectivity index (χ4v) is 1.45. The Morgan fingerprint density at radius 3 is 3.06 bits per heavy atom. The number of nitrogens with two attached hydrogens (primary N) is 1. The Kier molecular flexibility index (Phi) is 3.10. The third kappa shape index (κ3) is 2.53. The molecule has 1 heterocycles. The number of rotatable bonds is 4. The summed E-state index contributed by atoms with van der Waals surface area (Å²) in [5.74, 6) is 0.840. The number of ether oxygens (including phenoxy) is 1. The van der Waals surface area contributed by atoms with Crippen molar-refractivity contribution < 1.29 is 4.74 Å². The van der Waals surface area contributed by atoms with Crippen LogP contribution < -0.4 is 10.5 Å². The molecule has 0 saturated heterocycles. The van der Waals surface area contributed by atoms with E-state index in [-0.39, 0.29) is 0 Å². The van der Waals surface area contributed by atoms with Crippen molar-refractivity contribution in [2.24, 2.45) is 0 Å². The zero-order valence-electron chi connectivity index (χ0n) is 9.26. The lowest BCUT2D eigenvalue weighted by atomic mass is 10.2. The molecule has 0 bridgehead atoms. The van der Waals surface area contributed by atoms with Crippen LogP contribution in [0, 0.1) is 6.92 Å². The number of hydrogen-bond acceptors (Lipinski definition) is 3. The molecule has 0 amide bonds. The lowest BCUT2D eigenvalue weighted by Crippen LogP contribution is -2.09. The lowest BCUT2D eigenvalue weighted by Gasteiger charge is -2.09. The van der Waals surface area contributed by atoms with Crippen LogP contribution in [0.5, 0.6) is 5.75 Å². The van der Waals surface area contributed by atoms with E-state index >= 15 is 0 Å². The molecule has 2 rings (SSSR count). The quantitative estimate of drug-likeness (QED) is 0.795. The van der Waals surface area contributed by atoms with Crippen LogP contribution in [0.25, 0.3) is 0 Å². The van der Waals surface area contributed by atoms with E-state index in [0.29, 0.717) is 6.61 Å². The molecule has 2 aromatic rings. The third-order valence-electron chi connectivity index (χ3n) is 2.35. The van der Waals surface area contributed by atoms with Crippen LogP contribution in [0.3, 0.4) is 0 Å². The summed E-state index contributed by atoms with van der Waals surface area (Å²) in [6.45, 7) is 3.33. The van der Waals surface area contributed by atoms with Crippen molar-refractivity contribution in [1.29, 1.82) is 0 Å². The maximum absolute atomic E-state index is 5.70. The van der Waals surface area contributed by atoms with Gasteiger partial charge in [-0.25, -0.2) is 0 Å². The lowest BCUT2D eigenvalue weighted by molar-refractivity contribution is 0.289. The maximum atomic E-state index is 5.70. The van der Waals surface area contributed by atoms with Gasteiger partial charge in [-0.05, 0) is 24.6 Å². The van der Waals surface area contributed by atoms with E-state index in [0.717, 1.165) is 23.5 Å². The molecule has 0 atom stereocenters. The zero-order valence-corrected chi connectivity index (χ0v) is 9.26. The summed E-state index contributed by atoms with van der Waals surface area (Å²) in [7, 11) is 0. The van der Waals surface area contributed by atoms with Crippen LogP contribution in [0.2, 0.25) is 0 Å². The normalized spacial score (nSPS) is 10.3. The van der Waals surface area contributed by atoms with Crippen molar-refractivity contribution >= 4 is 5.69 Å². The summed E-state index contributed by atoms with van der Waals surface area (Å²) < 4.78 is 7.49. The van der Waals surface area contributed by atoms with Gasteiger partial charge in [0.05, 0.1) is 6.54 Å². The summed E-state index contributed by atoms with van der Waals surface area (Å²) in [5.41, 5.74) is 7.51. The average Bonchev–Trinajstić information content (AvgIpc) is 2.76. The average molecular weight is 217 g/mol. The minimum atomic E-state index is 0.589. The molecule has 0 saturated carbocycles. The van der Waals surface area contributed by atoms with E-state index in [9.17, 15) is 0 Å². The molecule has 84 valence electrons. The fourth-order valence-electron chi connectivity index (χ4n) is 1.45. The highest BCUT2D eigenvalue weighted by molar-refractivity contribution is 5.47. The van der Waals surface area contributed by atoms with Crippen LogP contribution in [0.15, 0.2) is 36.7 Å². The van der Waals surface area contributed by atoms with Crippen molar-refractivity contribution in [3.05, 3.63) is 42.2 Å². The molecular formula is C12H15N3O. The number of benzene rings is 1. The van der Waals surface area contributed by atoms with Gasteiger partial charge in [0, 0.05) is 24.1 Å². The van der Waals surface area contributed by atoms with E-state index in [4.69, 9.17) is 10.5 Å². The van der Waals surface area contributed by atoms with Crippen molar-refractivity contribution in [2.45, 2.75) is 13.5 Å². The van der Waals surface area contributed by atoms with Gasteiger partial charge in [0.2, 0.25) is 0 Å². The number of aromatic nitrogens is 2. The molecule has 1 aromatic carbocycles. The molecule has 0 fully saturated rings. The number of nitrogen functional groups attached to an aromatic ring is 1. The second-order valence-corrected chi connectivity index (χ2v) is 3.64. The van der Waals surface area contributed by atoms with E-state index < -0.39 is 0 Å². The molecular weight excluding hydrogens is 202 g/mol. The Balaban J connectivity index is 1.92. The van der Waals surface area contributed by atoms with Gasteiger partial charge in [0.1, 0.15) is 12.4 Å². The summed E-state index contributed by atoms with van der Waals surface area (Å²) >= 11 is 0.